The van der Waals surface area contributed by atoms with Crippen molar-refractivity contribution >= 4 is 78.3 Å². The SMILES string of the molecule is CCNNc1c2c3c4c(c(OC)c(=O)c5c(NC(CC(=O)O)C(=O)O)cc(OC)c(c6c(OC)cc(O)c(c1=O)c63)c54)C(C(C)=O)C(C)=C2. The van der Waals surface area contributed by atoms with E-state index in [-0.39, 0.29) is 72.7 Å². The molecule has 49 heavy (non-hydrogen) atoms. The number of allylic oxidation sites excluding steroid dienone is 1. The first kappa shape index (κ1) is 33.0. The van der Waals surface area contributed by atoms with Crippen LogP contribution in [0, 0.1) is 0 Å². The van der Waals surface area contributed by atoms with E-state index in [9.17, 15) is 39.3 Å². The molecule has 6 rings (SSSR count). The molecule has 0 amide bonds. The van der Waals surface area contributed by atoms with Gasteiger partial charge in [0.25, 0.3) is 0 Å². The van der Waals surface area contributed by atoms with Crippen molar-refractivity contribution in [3.05, 3.63) is 49.3 Å². The van der Waals surface area contributed by atoms with Crippen molar-refractivity contribution in [3.8, 4) is 23.0 Å². The van der Waals surface area contributed by atoms with Crippen molar-refractivity contribution in [2.75, 3.05) is 38.6 Å². The van der Waals surface area contributed by atoms with Crippen LogP contribution < -0.4 is 41.2 Å². The van der Waals surface area contributed by atoms with E-state index in [4.69, 9.17) is 14.2 Å². The Bertz CT molecular complexity index is 2400. The molecule has 0 fully saturated rings. The number of ketones is 1. The third-order valence-corrected chi connectivity index (χ3v) is 9.06. The normalized spacial score (nSPS) is 14.7. The van der Waals surface area contributed by atoms with Gasteiger partial charge >= 0.3 is 11.9 Å². The minimum absolute atomic E-state index is 0.0610. The van der Waals surface area contributed by atoms with E-state index in [1.54, 1.807) is 13.0 Å². The van der Waals surface area contributed by atoms with Gasteiger partial charge in [0.15, 0.2) is 5.75 Å². The summed E-state index contributed by atoms with van der Waals surface area (Å²) in [5.41, 5.74) is 5.74. The summed E-state index contributed by atoms with van der Waals surface area (Å²) in [5, 5.41) is 35.2. The number of hydrogen-bond acceptors (Lipinski definition) is 12. The molecule has 0 spiro atoms. The molecular formula is C35H33N3O11. The van der Waals surface area contributed by atoms with Gasteiger partial charge in [-0.15, -0.1) is 0 Å². The predicted molar refractivity (Wildman–Crippen MR) is 184 cm³/mol. The van der Waals surface area contributed by atoms with Gasteiger partial charge < -0.3 is 40.3 Å². The number of benzene rings is 5. The van der Waals surface area contributed by atoms with Crippen LogP contribution in [0.3, 0.4) is 0 Å². The fraction of sp³-hybridized carbons (Fsp3) is 0.286. The highest BCUT2D eigenvalue weighted by Gasteiger charge is 2.37. The molecule has 0 heterocycles. The van der Waals surface area contributed by atoms with Crippen LogP contribution in [0.4, 0.5) is 11.4 Å². The number of rotatable bonds is 12. The summed E-state index contributed by atoms with van der Waals surface area (Å²) >= 11 is 0. The monoisotopic (exact) mass is 671 g/mol. The number of ether oxygens (including phenoxy) is 3. The largest absolute Gasteiger partial charge is 0.507 e. The Kier molecular flexibility index (Phi) is 8.07. The van der Waals surface area contributed by atoms with Gasteiger partial charge in [-0.3, -0.25) is 19.2 Å². The summed E-state index contributed by atoms with van der Waals surface area (Å²) in [4.78, 5) is 66.4. The van der Waals surface area contributed by atoms with E-state index in [1.807, 2.05) is 6.92 Å². The van der Waals surface area contributed by atoms with E-state index in [2.05, 4.69) is 16.2 Å². The highest BCUT2D eigenvalue weighted by Crippen LogP contribution is 2.55. The number of nitrogens with one attached hydrogen (secondary N) is 3. The van der Waals surface area contributed by atoms with E-state index < -0.39 is 41.2 Å². The molecule has 0 saturated heterocycles. The molecule has 14 heteroatoms. The van der Waals surface area contributed by atoms with Crippen LogP contribution >= 0.6 is 0 Å². The van der Waals surface area contributed by atoms with Crippen LogP contribution in [0.5, 0.6) is 23.0 Å². The van der Waals surface area contributed by atoms with Crippen molar-refractivity contribution in [2.24, 2.45) is 0 Å². The van der Waals surface area contributed by atoms with Gasteiger partial charge in [-0.25, -0.2) is 10.2 Å². The third-order valence-electron chi connectivity index (χ3n) is 9.06. The number of carbonyl (C=O) groups is 3. The number of aromatic hydroxyl groups is 1. The summed E-state index contributed by atoms with van der Waals surface area (Å²) in [5.74, 6) is -4.56. The number of carboxylic acid groups (broad SMARTS) is 2. The van der Waals surface area contributed by atoms with Gasteiger partial charge in [0.2, 0.25) is 10.9 Å². The first-order valence-corrected chi connectivity index (χ1v) is 15.3. The second kappa shape index (κ2) is 12.0. The Labute approximate surface area is 277 Å². The van der Waals surface area contributed by atoms with Crippen molar-refractivity contribution < 1.29 is 43.9 Å². The molecule has 0 aliphatic heterocycles. The van der Waals surface area contributed by atoms with Crippen LogP contribution in [-0.4, -0.2) is 67.0 Å². The van der Waals surface area contributed by atoms with Crippen molar-refractivity contribution in [1.82, 2.24) is 5.43 Å². The van der Waals surface area contributed by atoms with Crippen LogP contribution in [-0.2, 0) is 14.4 Å². The molecule has 2 unspecified atom stereocenters. The lowest BCUT2D eigenvalue weighted by molar-refractivity contribution is -0.144. The van der Waals surface area contributed by atoms with Crippen LogP contribution in [0.15, 0.2) is 27.3 Å². The van der Waals surface area contributed by atoms with E-state index in [1.165, 1.54) is 40.4 Å². The number of Topliss-reactive ketones (excluding diaryl/α,β-unsaturated/α-hetero) is 1. The first-order chi connectivity index (χ1) is 23.3. The second-order valence-electron chi connectivity index (χ2n) is 11.8. The number of phenolic OH excluding ortho intramolecular Hbond substituents is 1. The molecule has 5 aromatic carbocycles. The zero-order chi connectivity index (χ0) is 35.6. The average molecular weight is 672 g/mol. The number of carbonyl (C=O) groups excluding carboxylic acids is 1. The maximum absolute atomic E-state index is 14.7. The van der Waals surface area contributed by atoms with Crippen molar-refractivity contribution in [1.29, 1.82) is 0 Å². The summed E-state index contributed by atoms with van der Waals surface area (Å²) < 4.78 is 17.4. The zero-order valence-corrected chi connectivity index (χ0v) is 27.4. The Balaban J connectivity index is 2.05. The molecule has 0 aromatic heterocycles. The molecule has 0 bridgehead atoms. The number of carboxylic acids is 2. The lowest BCUT2D eigenvalue weighted by Crippen LogP contribution is -2.32. The van der Waals surface area contributed by atoms with Crippen LogP contribution in [0.1, 0.15) is 44.2 Å². The van der Waals surface area contributed by atoms with Gasteiger partial charge in [-0.2, -0.15) is 0 Å². The fourth-order valence-corrected chi connectivity index (χ4v) is 7.26. The van der Waals surface area contributed by atoms with Crippen LogP contribution in [0.25, 0.3) is 49.2 Å². The van der Waals surface area contributed by atoms with E-state index in [0.717, 1.165) is 0 Å². The van der Waals surface area contributed by atoms with Crippen LogP contribution in [0.2, 0.25) is 0 Å². The molecule has 1 aliphatic rings. The van der Waals surface area contributed by atoms with Gasteiger partial charge in [0.05, 0.1) is 50.1 Å². The number of phenols is 1. The minimum atomic E-state index is -1.66. The Hall–Kier alpha value is -5.89. The molecule has 1 aliphatic carbocycles. The number of hydrogen-bond donors (Lipinski definition) is 6. The minimum Gasteiger partial charge on any atom is -0.507 e. The second-order valence-corrected chi connectivity index (χ2v) is 11.8. The van der Waals surface area contributed by atoms with Gasteiger partial charge in [0.1, 0.15) is 34.8 Å². The maximum atomic E-state index is 14.7. The zero-order valence-electron chi connectivity index (χ0n) is 27.4. The lowest BCUT2D eigenvalue weighted by Gasteiger charge is -2.26. The number of fused-ring (bicyclic) bond motifs is 1. The molecule has 0 radical (unpaired) electrons. The summed E-state index contributed by atoms with van der Waals surface area (Å²) in [6.45, 7) is 5.31. The smallest absolute Gasteiger partial charge is 0.326 e. The third kappa shape index (κ3) is 4.70. The van der Waals surface area contributed by atoms with Crippen molar-refractivity contribution in [3.63, 3.8) is 0 Å². The van der Waals surface area contributed by atoms with Gasteiger partial charge in [0, 0.05) is 56.7 Å². The van der Waals surface area contributed by atoms with Crippen molar-refractivity contribution in [2.45, 2.75) is 39.2 Å². The first-order valence-electron chi connectivity index (χ1n) is 15.3. The topological polar surface area (TPSA) is 210 Å². The number of methoxy groups -OCH3 is 3. The fourth-order valence-electron chi connectivity index (χ4n) is 7.26. The highest BCUT2D eigenvalue weighted by atomic mass is 16.5. The van der Waals surface area contributed by atoms with E-state index in [0.29, 0.717) is 33.8 Å². The summed E-state index contributed by atoms with van der Waals surface area (Å²) in [6.07, 6.45) is 0.868. The van der Waals surface area contributed by atoms with E-state index >= 15 is 0 Å². The summed E-state index contributed by atoms with van der Waals surface area (Å²) in [7, 11) is 4.00. The molecular weight excluding hydrogens is 638 g/mol. The lowest BCUT2D eigenvalue weighted by atomic mass is 9.80. The number of anilines is 2. The molecule has 2 atom stereocenters. The Morgan fingerprint density at radius 2 is 1.49 bits per heavy atom. The molecule has 6 N–H and O–H groups in total. The average Bonchev–Trinajstić information content (AvgIpc) is 3.17. The standard InChI is InChI=1S/C35H33N3O11/c1-7-36-38-31-14-8-12(2)21(13(3)39)30-28-22(14)27-24(32(31)43)17(40)11-19(48-5)26(27)25-18(47-4)9-15(37-16(35(45)46)10-20(41)42)23(29(25)28)33(44)34(30)49-6/h8-9,11,16,21,36-38,40H,7,10H2,1-6H3,(H,41,42)(H,45,46). The van der Waals surface area contributed by atoms with Gasteiger partial charge in [-0.05, 0) is 19.2 Å². The molecule has 0 saturated carbocycles. The highest BCUT2D eigenvalue weighted by molar-refractivity contribution is 6.40. The number of aliphatic carboxylic acids is 2. The number of hydrazine groups is 1. The molecule has 5 aromatic rings. The Morgan fingerprint density at radius 1 is 0.857 bits per heavy atom. The quantitative estimate of drug-likeness (QED) is 0.0630. The summed E-state index contributed by atoms with van der Waals surface area (Å²) in [6, 6.07) is 1.000. The van der Waals surface area contributed by atoms with Gasteiger partial charge in [-0.1, -0.05) is 18.6 Å². The molecule has 14 nitrogen and oxygen atoms in total. The predicted octanol–water partition coefficient (Wildman–Crippen LogP) is 3.99. The maximum Gasteiger partial charge on any atom is 0.326 e. The molecule has 254 valence electrons. The Morgan fingerprint density at radius 3 is 2.04 bits per heavy atom.